The van der Waals surface area contributed by atoms with E-state index in [0.717, 1.165) is 18.5 Å². The largest absolute Gasteiger partial charge is 0.478 e. The molecule has 1 fully saturated rings. The lowest BCUT2D eigenvalue weighted by Gasteiger charge is -2.40. The lowest BCUT2D eigenvalue weighted by atomic mass is 9.96. The highest BCUT2D eigenvalue weighted by atomic mass is 16.4. The summed E-state index contributed by atoms with van der Waals surface area (Å²) in [7, 11) is 1.79. The second-order valence-corrected chi connectivity index (χ2v) is 5.28. The number of aromatic carboxylic acids is 1. The molecule has 6 heteroatoms. The molecule has 0 spiro atoms. The SMILES string of the molecule is CC1CCCC(CN)N1Cc1c(C(=O)O)cnn1C. The molecule has 1 saturated heterocycles. The highest BCUT2D eigenvalue weighted by Gasteiger charge is 2.29. The summed E-state index contributed by atoms with van der Waals surface area (Å²) in [6, 6.07) is 0.763. The molecule has 1 aliphatic heterocycles. The number of piperidine rings is 1. The molecule has 106 valence electrons. The first-order chi connectivity index (χ1) is 9.04. The van der Waals surface area contributed by atoms with Crippen LogP contribution < -0.4 is 5.73 Å². The molecule has 0 bridgehead atoms. The molecule has 0 aliphatic carbocycles. The van der Waals surface area contributed by atoms with Crippen molar-refractivity contribution in [2.75, 3.05) is 6.54 Å². The zero-order chi connectivity index (χ0) is 14.0. The quantitative estimate of drug-likeness (QED) is 0.843. The molecule has 3 N–H and O–H groups in total. The minimum Gasteiger partial charge on any atom is -0.478 e. The van der Waals surface area contributed by atoms with E-state index < -0.39 is 5.97 Å². The zero-order valence-corrected chi connectivity index (χ0v) is 11.5. The Morgan fingerprint density at radius 3 is 2.95 bits per heavy atom. The molecule has 0 amide bonds. The lowest BCUT2D eigenvalue weighted by molar-refractivity contribution is 0.0680. The average molecular weight is 266 g/mol. The summed E-state index contributed by atoms with van der Waals surface area (Å²) in [5, 5.41) is 13.3. The molecule has 0 saturated carbocycles. The molecule has 2 atom stereocenters. The van der Waals surface area contributed by atoms with Gasteiger partial charge in [0.05, 0.1) is 11.9 Å². The van der Waals surface area contributed by atoms with Crippen molar-refractivity contribution in [2.45, 2.75) is 44.8 Å². The summed E-state index contributed by atoms with van der Waals surface area (Å²) in [5.41, 5.74) is 6.88. The lowest BCUT2D eigenvalue weighted by Crippen LogP contribution is -2.48. The second kappa shape index (κ2) is 5.71. The van der Waals surface area contributed by atoms with Gasteiger partial charge in [-0.2, -0.15) is 5.10 Å². The van der Waals surface area contributed by atoms with Crippen LogP contribution in [-0.2, 0) is 13.6 Å². The van der Waals surface area contributed by atoms with Crippen LogP contribution in [0.5, 0.6) is 0 Å². The van der Waals surface area contributed by atoms with Gasteiger partial charge in [-0.05, 0) is 19.8 Å². The van der Waals surface area contributed by atoms with Crippen molar-refractivity contribution < 1.29 is 9.90 Å². The van der Waals surface area contributed by atoms with Crippen LogP contribution in [0.4, 0.5) is 0 Å². The topological polar surface area (TPSA) is 84.4 Å². The highest BCUT2D eigenvalue weighted by Crippen LogP contribution is 2.25. The summed E-state index contributed by atoms with van der Waals surface area (Å²) in [4.78, 5) is 13.5. The fourth-order valence-corrected chi connectivity index (χ4v) is 2.88. The Kier molecular flexibility index (Phi) is 4.21. The van der Waals surface area contributed by atoms with Gasteiger partial charge in [0.1, 0.15) is 5.56 Å². The van der Waals surface area contributed by atoms with Crippen LogP contribution in [0.2, 0.25) is 0 Å². The van der Waals surface area contributed by atoms with Crippen molar-refractivity contribution >= 4 is 5.97 Å². The van der Waals surface area contributed by atoms with Crippen LogP contribution in [0.1, 0.15) is 42.2 Å². The van der Waals surface area contributed by atoms with Gasteiger partial charge in [-0.25, -0.2) is 4.79 Å². The van der Waals surface area contributed by atoms with E-state index in [1.165, 1.54) is 12.6 Å². The standard InChI is InChI=1S/C13H22N4O2/c1-9-4-3-5-10(6-14)17(9)8-12-11(13(18)19)7-15-16(12)2/h7,9-10H,3-6,8,14H2,1-2H3,(H,18,19). The Morgan fingerprint density at radius 1 is 1.58 bits per heavy atom. The van der Waals surface area contributed by atoms with Gasteiger partial charge in [0, 0.05) is 32.2 Å². The first-order valence-corrected chi connectivity index (χ1v) is 6.74. The third-order valence-electron chi connectivity index (χ3n) is 4.09. The molecular weight excluding hydrogens is 244 g/mol. The van der Waals surface area contributed by atoms with E-state index in [4.69, 9.17) is 5.73 Å². The van der Waals surface area contributed by atoms with Crippen molar-refractivity contribution in [3.05, 3.63) is 17.5 Å². The molecular formula is C13H22N4O2. The zero-order valence-electron chi connectivity index (χ0n) is 11.5. The number of aromatic nitrogens is 2. The molecule has 0 radical (unpaired) electrons. The predicted octanol–water partition coefficient (Wildman–Crippen LogP) is 0.820. The van der Waals surface area contributed by atoms with Gasteiger partial charge in [0.25, 0.3) is 0 Å². The predicted molar refractivity (Wildman–Crippen MR) is 71.9 cm³/mol. The first-order valence-electron chi connectivity index (χ1n) is 6.74. The van der Waals surface area contributed by atoms with Crippen LogP contribution in [0.25, 0.3) is 0 Å². The second-order valence-electron chi connectivity index (χ2n) is 5.28. The third kappa shape index (κ3) is 2.79. The molecule has 1 aromatic heterocycles. The van der Waals surface area contributed by atoms with Crippen molar-refractivity contribution in [1.29, 1.82) is 0 Å². The molecule has 2 unspecified atom stereocenters. The fourth-order valence-electron chi connectivity index (χ4n) is 2.88. The summed E-state index contributed by atoms with van der Waals surface area (Å²) < 4.78 is 1.65. The van der Waals surface area contributed by atoms with Crippen LogP contribution in [0, 0.1) is 0 Å². The van der Waals surface area contributed by atoms with Crippen LogP contribution >= 0.6 is 0 Å². The van der Waals surface area contributed by atoms with Gasteiger partial charge in [-0.15, -0.1) is 0 Å². The number of carbonyl (C=O) groups is 1. The molecule has 1 aromatic rings. The number of hydrogen-bond acceptors (Lipinski definition) is 4. The Bertz CT molecular complexity index is 457. The number of likely N-dealkylation sites (tertiary alicyclic amines) is 1. The first kappa shape index (κ1) is 14.0. The van der Waals surface area contributed by atoms with E-state index in [1.807, 2.05) is 0 Å². The van der Waals surface area contributed by atoms with Crippen molar-refractivity contribution in [3.8, 4) is 0 Å². The van der Waals surface area contributed by atoms with Gasteiger partial charge < -0.3 is 10.8 Å². The van der Waals surface area contributed by atoms with E-state index in [-0.39, 0.29) is 5.56 Å². The summed E-state index contributed by atoms with van der Waals surface area (Å²) in [5.74, 6) is -0.919. The Hall–Kier alpha value is -1.40. The monoisotopic (exact) mass is 266 g/mol. The van der Waals surface area contributed by atoms with E-state index in [0.29, 0.717) is 25.2 Å². The molecule has 6 nitrogen and oxygen atoms in total. The molecule has 1 aliphatic rings. The van der Waals surface area contributed by atoms with Crippen LogP contribution in [0.3, 0.4) is 0 Å². The number of hydrogen-bond donors (Lipinski definition) is 2. The molecule has 19 heavy (non-hydrogen) atoms. The van der Waals surface area contributed by atoms with Gasteiger partial charge in [-0.3, -0.25) is 9.58 Å². The third-order valence-corrected chi connectivity index (χ3v) is 4.09. The Morgan fingerprint density at radius 2 is 2.32 bits per heavy atom. The van der Waals surface area contributed by atoms with E-state index in [1.54, 1.807) is 11.7 Å². The number of carboxylic acid groups (broad SMARTS) is 1. The van der Waals surface area contributed by atoms with E-state index in [2.05, 4.69) is 16.9 Å². The minimum atomic E-state index is -0.919. The van der Waals surface area contributed by atoms with E-state index >= 15 is 0 Å². The Labute approximate surface area is 113 Å². The summed E-state index contributed by atoms with van der Waals surface area (Å²) in [6.07, 6.45) is 4.83. The van der Waals surface area contributed by atoms with Crippen LogP contribution in [0.15, 0.2) is 6.20 Å². The van der Waals surface area contributed by atoms with Crippen LogP contribution in [-0.4, -0.2) is 44.4 Å². The highest BCUT2D eigenvalue weighted by molar-refractivity contribution is 5.88. The minimum absolute atomic E-state index is 0.288. The normalized spacial score (nSPS) is 24.6. The fraction of sp³-hybridized carbons (Fsp3) is 0.692. The molecule has 0 aromatic carbocycles. The van der Waals surface area contributed by atoms with Crippen molar-refractivity contribution in [1.82, 2.24) is 14.7 Å². The average Bonchev–Trinajstić information content (AvgIpc) is 2.73. The smallest absolute Gasteiger partial charge is 0.339 e. The Balaban J connectivity index is 2.23. The van der Waals surface area contributed by atoms with E-state index in [9.17, 15) is 9.90 Å². The van der Waals surface area contributed by atoms with Gasteiger partial charge in [0.15, 0.2) is 0 Å². The number of carboxylic acids is 1. The maximum absolute atomic E-state index is 11.2. The summed E-state index contributed by atoms with van der Waals surface area (Å²) in [6.45, 7) is 3.39. The van der Waals surface area contributed by atoms with Crippen molar-refractivity contribution in [3.63, 3.8) is 0 Å². The van der Waals surface area contributed by atoms with Gasteiger partial charge in [-0.1, -0.05) is 6.42 Å². The van der Waals surface area contributed by atoms with Crippen molar-refractivity contribution in [2.24, 2.45) is 12.8 Å². The summed E-state index contributed by atoms with van der Waals surface area (Å²) >= 11 is 0. The molecule has 2 rings (SSSR count). The number of aryl methyl sites for hydroxylation is 1. The number of nitrogens with zero attached hydrogens (tertiary/aromatic N) is 3. The van der Waals surface area contributed by atoms with Gasteiger partial charge >= 0.3 is 5.97 Å². The number of nitrogens with two attached hydrogens (primary N) is 1. The van der Waals surface area contributed by atoms with Gasteiger partial charge in [0.2, 0.25) is 0 Å². The molecule has 2 heterocycles. The number of rotatable bonds is 4. The maximum atomic E-state index is 11.2. The maximum Gasteiger partial charge on any atom is 0.339 e.